The van der Waals surface area contributed by atoms with Crippen LogP contribution in [0.2, 0.25) is 0 Å². The van der Waals surface area contributed by atoms with Crippen LogP contribution in [0, 0.1) is 0 Å². The first-order chi connectivity index (χ1) is 16.0. The van der Waals surface area contributed by atoms with Crippen molar-refractivity contribution >= 4 is 23.9 Å². The molecular formula is C25H44N4O6. The summed E-state index contributed by atoms with van der Waals surface area (Å²) in [5.41, 5.74) is -2.03. The third-order valence-electron chi connectivity index (χ3n) is 6.43. The van der Waals surface area contributed by atoms with Crippen molar-refractivity contribution in [2.24, 2.45) is 0 Å². The quantitative estimate of drug-likeness (QED) is 0.362. The fourth-order valence-corrected chi connectivity index (χ4v) is 4.50. The summed E-state index contributed by atoms with van der Waals surface area (Å²) in [7, 11) is 0. The Morgan fingerprint density at radius 2 is 1.63 bits per heavy atom. The van der Waals surface area contributed by atoms with Crippen LogP contribution < -0.4 is 16.0 Å². The van der Waals surface area contributed by atoms with Gasteiger partial charge in [-0.1, -0.05) is 0 Å². The van der Waals surface area contributed by atoms with Crippen LogP contribution in [0.25, 0.3) is 0 Å². The molecule has 2 rings (SSSR count). The molecule has 0 aromatic rings. The molecule has 2 unspecified atom stereocenters. The van der Waals surface area contributed by atoms with E-state index in [9.17, 15) is 19.2 Å². The third-order valence-corrected chi connectivity index (χ3v) is 6.43. The van der Waals surface area contributed by atoms with E-state index in [1.54, 1.807) is 20.8 Å². The Morgan fingerprint density at radius 3 is 2.14 bits per heavy atom. The van der Waals surface area contributed by atoms with Gasteiger partial charge in [-0.2, -0.15) is 0 Å². The van der Waals surface area contributed by atoms with Crippen LogP contribution >= 0.6 is 0 Å². The second-order valence-electron chi connectivity index (χ2n) is 11.9. The van der Waals surface area contributed by atoms with E-state index in [0.29, 0.717) is 38.8 Å². The molecule has 10 heteroatoms. The zero-order valence-corrected chi connectivity index (χ0v) is 22.6. The van der Waals surface area contributed by atoms with Gasteiger partial charge in [0, 0.05) is 31.6 Å². The number of nitrogens with one attached hydrogen (secondary N) is 3. The van der Waals surface area contributed by atoms with E-state index < -0.39 is 28.9 Å². The minimum absolute atomic E-state index is 0.00359. The van der Waals surface area contributed by atoms with E-state index in [4.69, 9.17) is 9.47 Å². The van der Waals surface area contributed by atoms with Crippen molar-refractivity contribution in [3.8, 4) is 0 Å². The molecule has 0 aliphatic carbocycles. The first kappa shape index (κ1) is 29.0. The van der Waals surface area contributed by atoms with Crippen molar-refractivity contribution in [2.75, 3.05) is 13.1 Å². The Kier molecular flexibility index (Phi) is 9.33. The lowest BCUT2D eigenvalue weighted by atomic mass is 9.83. The predicted octanol–water partition coefficient (Wildman–Crippen LogP) is 2.25. The maximum Gasteiger partial charge on any atom is 0.408 e. The normalized spacial score (nSPS) is 23.1. The first-order valence-electron chi connectivity index (χ1n) is 12.6. The highest BCUT2D eigenvalue weighted by atomic mass is 16.6. The lowest BCUT2D eigenvalue weighted by molar-refractivity contribution is -0.157. The fourth-order valence-electron chi connectivity index (χ4n) is 4.50. The van der Waals surface area contributed by atoms with Crippen LogP contribution in [0.4, 0.5) is 4.79 Å². The molecule has 35 heavy (non-hydrogen) atoms. The highest BCUT2D eigenvalue weighted by molar-refractivity contribution is 6.00. The SMILES string of the molecule is CC(NC1CCC(=O)NC1=O)[C@@H](C)N1CCC(CC(=O)OC(C)(C)C)(NC(=O)OC(C)(C)C)CC1. The highest BCUT2D eigenvalue weighted by Gasteiger charge is 2.42. The second-order valence-corrected chi connectivity index (χ2v) is 11.9. The molecule has 10 nitrogen and oxygen atoms in total. The number of hydrogen-bond acceptors (Lipinski definition) is 8. The van der Waals surface area contributed by atoms with Crippen LogP contribution in [-0.2, 0) is 23.9 Å². The maximum atomic E-state index is 12.7. The van der Waals surface area contributed by atoms with Gasteiger partial charge in [-0.05, 0) is 74.7 Å². The number of piperidine rings is 2. The number of carbonyl (C=O) groups is 4. The molecule has 0 aromatic carbocycles. The van der Waals surface area contributed by atoms with Gasteiger partial charge in [-0.25, -0.2) is 4.79 Å². The van der Waals surface area contributed by atoms with Crippen LogP contribution in [0.3, 0.4) is 0 Å². The number of likely N-dealkylation sites (tertiary alicyclic amines) is 1. The van der Waals surface area contributed by atoms with Gasteiger partial charge in [0.15, 0.2) is 0 Å². The topological polar surface area (TPSA) is 126 Å². The van der Waals surface area contributed by atoms with Gasteiger partial charge in [0.2, 0.25) is 11.8 Å². The Hall–Kier alpha value is -2.20. The van der Waals surface area contributed by atoms with E-state index >= 15 is 0 Å². The van der Waals surface area contributed by atoms with Crippen LogP contribution in [0.5, 0.6) is 0 Å². The number of nitrogens with zero attached hydrogens (tertiary/aromatic N) is 1. The van der Waals surface area contributed by atoms with Gasteiger partial charge in [-0.3, -0.25) is 24.6 Å². The number of alkyl carbamates (subject to hydrolysis) is 1. The van der Waals surface area contributed by atoms with Gasteiger partial charge in [0.25, 0.3) is 0 Å². The summed E-state index contributed by atoms with van der Waals surface area (Å²) in [5, 5.41) is 8.72. The van der Waals surface area contributed by atoms with E-state index in [0.717, 1.165) is 0 Å². The molecule has 0 radical (unpaired) electrons. The molecular weight excluding hydrogens is 452 g/mol. The molecule has 3 N–H and O–H groups in total. The molecule has 3 amide bonds. The zero-order valence-electron chi connectivity index (χ0n) is 22.6. The molecule has 3 atom stereocenters. The first-order valence-corrected chi connectivity index (χ1v) is 12.6. The minimum Gasteiger partial charge on any atom is -0.460 e. The van der Waals surface area contributed by atoms with E-state index in [2.05, 4.69) is 27.8 Å². The smallest absolute Gasteiger partial charge is 0.408 e. The van der Waals surface area contributed by atoms with Crippen molar-refractivity contribution in [1.82, 2.24) is 20.9 Å². The third kappa shape index (κ3) is 9.40. The zero-order chi connectivity index (χ0) is 26.6. The second kappa shape index (κ2) is 11.2. The molecule has 0 spiro atoms. The molecule has 0 saturated carbocycles. The van der Waals surface area contributed by atoms with E-state index in [1.807, 2.05) is 27.7 Å². The van der Waals surface area contributed by atoms with Gasteiger partial charge in [-0.15, -0.1) is 0 Å². The maximum absolute atomic E-state index is 12.7. The molecule has 200 valence electrons. The largest absolute Gasteiger partial charge is 0.460 e. The molecule has 0 aromatic heterocycles. The summed E-state index contributed by atoms with van der Waals surface area (Å²) < 4.78 is 11.0. The van der Waals surface area contributed by atoms with Crippen LogP contribution in [0.15, 0.2) is 0 Å². The summed E-state index contributed by atoms with van der Waals surface area (Å²) in [6.45, 7) is 16.3. The number of amides is 3. The lowest BCUT2D eigenvalue weighted by Gasteiger charge is -2.45. The van der Waals surface area contributed by atoms with E-state index in [1.165, 1.54) is 0 Å². The summed E-state index contributed by atoms with van der Waals surface area (Å²) in [4.78, 5) is 51.1. The number of hydrogen-bond donors (Lipinski definition) is 3. The molecule has 2 heterocycles. The van der Waals surface area contributed by atoms with Crippen LogP contribution in [-0.4, -0.2) is 76.7 Å². The summed E-state index contributed by atoms with van der Waals surface area (Å²) >= 11 is 0. The van der Waals surface area contributed by atoms with Crippen molar-refractivity contribution < 1.29 is 28.7 Å². The van der Waals surface area contributed by atoms with Crippen molar-refractivity contribution in [1.29, 1.82) is 0 Å². The Bertz CT molecular complexity index is 761. The van der Waals surface area contributed by atoms with Crippen molar-refractivity contribution in [3.05, 3.63) is 0 Å². The number of esters is 1. The Balaban J connectivity index is 2.03. The van der Waals surface area contributed by atoms with E-state index in [-0.39, 0.29) is 36.3 Å². The molecule has 2 saturated heterocycles. The van der Waals surface area contributed by atoms with Gasteiger partial charge < -0.3 is 20.1 Å². The molecule has 2 aliphatic rings. The standard InChI is InChI=1S/C25H44N4O6/c1-16(26-18-9-10-19(30)27-21(18)32)17(2)29-13-11-25(12-14-29,15-20(31)34-23(3,4)5)28-22(33)35-24(6,7)8/h16-18,26H,9-15H2,1-8H3,(H,28,33)(H,27,30,32)/t16?,17-,18?/m1/s1. The van der Waals surface area contributed by atoms with Gasteiger partial charge >= 0.3 is 12.1 Å². The van der Waals surface area contributed by atoms with Crippen molar-refractivity contribution in [2.45, 2.75) is 122 Å². The monoisotopic (exact) mass is 496 g/mol. The summed E-state index contributed by atoms with van der Waals surface area (Å²) in [6, 6.07) is -0.298. The highest BCUT2D eigenvalue weighted by Crippen LogP contribution is 2.29. The van der Waals surface area contributed by atoms with Gasteiger partial charge in [0.1, 0.15) is 11.2 Å². The number of imide groups is 1. The lowest BCUT2D eigenvalue weighted by Crippen LogP contribution is -2.61. The predicted molar refractivity (Wildman–Crippen MR) is 132 cm³/mol. The Morgan fingerprint density at radius 1 is 1.06 bits per heavy atom. The number of rotatable bonds is 7. The number of carbonyl (C=O) groups excluding carboxylic acids is 4. The van der Waals surface area contributed by atoms with Crippen molar-refractivity contribution in [3.63, 3.8) is 0 Å². The molecule has 2 fully saturated rings. The molecule has 2 aliphatic heterocycles. The average Bonchev–Trinajstić information content (AvgIpc) is 2.66. The minimum atomic E-state index is -0.763. The fraction of sp³-hybridized carbons (Fsp3) is 0.840. The Labute approximate surface area is 209 Å². The molecule has 0 bridgehead atoms. The average molecular weight is 497 g/mol. The van der Waals surface area contributed by atoms with Crippen LogP contribution in [0.1, 0.15) is 87.5 Å². The summed E-state index contributed by atoms with van der Waals surface area (Å²) in [6.07, 6.45) is 1.45. The number of ether oxygens (including phenoxy) is 2. The summed E-state index contributed by atoms with van der Waals surface area (Å²) in [5.74, 6) is -0.872. The van der Waals surface area contributed by atoms with Gasteiger partial charge in [0.05, 0.1) is 18.0 Å².